The molecular formula is C12H23N5O2S. The molecule has 7 nitrogen and oxygen atoms in total. The SMILES string of the molecule is CCC(NS(=O)(=O)CCN1CCNCC1)c1ncc[nH]1. The normalized spacial score (nSPS) is 19.1. The molecular weight excluding hydrogens is 278 g/mol. The zero-order valence-corrected chi connectivity index (χ0v) is 12.6. The largest absolute Gasteiger partial charge is 0.347 e. The van der Waals surface area contributed by atoms with Crippen molar-refractivity contribution >= 4 is 10.0 Å². The van der Waals surface area contributed by atoms with Crippen LogP contribution in [0.2, 0.25) is 0 Å². The highest BCUT2D eigenvalue weighted by Crippen LogP contribution is 2.12. The van der Waals surface area contributed by atoms with Crippen molar-refractivity contribution in [2.75, 3.05) is 38.5 Å². The van der Waals surface area contributed by atoms with Gasteiger partial charge in [0.05, 0.1) is 11.8 Å². The van der Waals surface area contributed by atoms with Crippen LogP contribution in [0.1, 0.15) is 25.2 Å². The topological polar surface area (TPSA) is 90.1 Å². The predicted octanol–water partition coefficient (Wildman–Crippen LogP) is -0.315. The minimum Gasteiger partial charge on any atom is -0.347 e. The van der Waals surface area contributed by atoms with Gasteiger partial charge in [0, 0.05) is 45.1 Å². The Morgan fingerprint density at radius 1 is 1.45 bits per heavy atom. The van der Waals surface area contributed by atoms with E-state index < -0.39 is 10.0 Å². The number of aromatic amines is 1. The molecule has 0 spiro atoms. The molecule has 1 aliphatic rings. The van der Waals surface area contributed by atoms with Crippen LogP contribution in [0.5, 0.6) is 0 Å². The maximum Gasteiger partial charge on any atom is 0.213 e. The first-order valence-electron chi connectivity index (χ1n) is 7.03. The van der Waals surface area contributed by atoms with Crippen molar-refractivity contribution in [2.24, 2.45) is 0 Å². The lowest BCUT2D eigenvalue weighted by Crippen LogP contribution is -2.46. The fourth-order valence-electron chi connectivity index (χ4n) is 2.26. The van der Waals surface area contributed by atoms with Gasteiger partial charge in [-0.2, -0.15) is 0 Å². The molecule has 0 radical (unpaired) electrons. The van der Waals surface area contributed by atoms with Crippen LogP contribution in [0, 0.1) is 0 Å². The van der Waals surface area contributed by atoms with Crippen molar-refractivity contribution in [3.8, 4) is 0 Å². The molecule has 1 saturated heterocycles. The Kier molecular flexibility index (Phi) is 5.53. The second-order valence-electron chi connectivity index (χ2n) is 4.96. The molecule has 2 rings (SSSR count). The van der Waals surface area contributed by atoms with Crippen molar-refractivity contribution in [1.29, 1.82) is 0 Å². The lowest BCUT2D eigenvalue weighted by Gasteiger charge is -2.27. The predicted molar refractivity (Wildman–Crippen MR) is 77.9 cm³/mol. The third-order valence-electron chi connectivity index (χ3n) is 3.47. The van der Waals surface area contributed by atoms with E-state index in [0.717, 1.165) is 26.2 Å². The first kappa shape index (κ1) is 15.4. The van der Waals surface area contributed by atoms with Crippen molar-refractivity contribution in [2.45, 2.75) is 19.4 Å². The van der Waals surface area contributed by atoms with Crippen molar-refractivity contribution in [1.82, 2.24) is 24.9 Å². The van der Waals surface area contributed by atoms with Crippen LogP contribution >= 0.6 is 0 Å². The summed E-state index contributed by atoms with van der Waals surface area (Å²) in [4.78, 5) is 9.25. The quantitative estimate of drug-likeness (QED) is 0.642. The monoisotopic (exact) mass is 301 g/mol. The lowest BCUT2D eigenvalue weighted by molar-refractivity contribution is 0.253. The molecule has 2 heterocycles. The van der Waals surface area contributed by atoms with Crippen LogP contribution in [0.3, 0.4) is 0 Å². The molecule has 8 heteroatoms. The Morgan fingerprint density at radius 2 is 2.20 bits per heavy atom. The van der Waals surface area contributed by atoms with Gasteiger partial charge in [-0.05, 0) is 6.42 Å². The molecule has 114 valence electrons. The average molecular weight is 301 g/mol. The number of nitrogens with zero attached hydrogens (tertiary/aromatic N) is 2. The summed E-state index contributed by atoms with van der Waals surface area (Å²) in [5, 5.41) is 3.25. The number of nitrogens with one attached hydrogen (secondary N) is 3. The molecule has 0 saturated carbocycles. The smallest absolute Gasteiger partial charge is 0.213 e. The van der Waals surface area contributed by atoms with Gasteiger partial charge >= 0.3 is 0 Å². The molecule has 0 amide bonds. The highest BCUT2D eigenvalue weighted by molar-refractivity contribution is 7.89. The molecule has 3 N–H and O–H groups in total. The minimum atomic E-state index is -3.29. The van der Waals surface area contributed by atoms with Crippen molar-refractivity contribution < 1.29 is 8.42 Å². The zero-order valence-electron chi connectivity index (χ0n) is 11.8. The van der Waals surface area contributed by atoms with Gasteiger partial charge in [-0.25, -0.2) is 18.1 Å². The molecule has 1 aliphatic heterocycles. The molecule has 20 heavy (non-hydrogen) atoms. The fraction of sp³-hybridized carbons (Fsp3) is 0.750. The van der Waals surface area contributed by atoms with E-state index in [2.05, 4.69) is 24.9 Å². The second-order valence-corrected chi connectivity index (χ2v) is 6.84. The maximum absolute atomic E-state index is 12.1. The number of hydrogen-bond acceptors (Lipinski definition) is 5. The van der Waals surface area contributed by atoms with Crippen molar-refractivity contribution in [3.63, 3.8) is 0 Å². The van der Waals surface area contributed by atoms with E-state index in [4.69, 9.17) is 0 Å². The van der Waals surface area contributed by atoms with E-state index in [1.807, 2.05) is 6.92 Å². The highest BCUT2D eigenvalue weighted by Gasteiger charge is 2.21. The van der Waals surface area contributed by atoms with Crippen molar-refractivity contribution in [3.05, 3.63) is 18.2 Å². The summed E-state index contributed by atoms with van der Waals surface area (Å²) in [5.41, 5.74) is 0. The second kappa shape index (κ2) is 7.16. The number of imidazole rings is 1. The molecule has 1 unspecified atom stereocenters. The summed E-state index contributed by atoms with van der Waals surface area (Å²) in [6.45, 7) is 6.18. The molecule has 1 aromatic rings. The average Bonchev–Trinajstić information content (AvgIpc) is 2.98. The number of H-pyrrole nitrogens is 1. The Balaban J connectivity index is 1.86. The van der Waals surface area contributed by atoms with E-state index in [9.17, 15) is 8.42 Å². The fourth-order valence-corrected chi connectivity index (χ4v) is 3.59. The van der Waals surface area contributed by atoms with Crippen LogP contribution in [0.15, 0.2) is 12.4 Å². The summed E-state index contributed by atoms with van der Waals surface area (Å²) in [5.74, 6) is 0.794. The number of sulfonamides is 1. The van der Waals surface area contributed by atoms with Gasteiger partial charge in [-0.15, -0.1) is 0 Å². The maximum atomic E-state index is 12.1. The van der Waals surface area contributed by atoms with Crippen LogP contribution in [-0.4, -0.2) is 61.8 Å². The van der Waals surface area contributed by atoms with Gasteiger partial charge in [-0.1, -0.05) is 6.92 Å². The molecule has 1 fully saturated rings. The number of hydrogen-bond donors (Lipinski definition) is 3. The lowest BCUT2D eigenvalue weighted by atomic mass is 10.2. The molecule has 0 aromatic carbocycles. The first-order chi connectivity index (χ1) is 9.61. The summed E-state index contributed by atoms with van der Waals surface area (Å²) in [6, 6.07) is -0.280. The van der Waals surface area contributed by atoms with E-state index >= 15 is 0 Å². The Morgan fingerprint density at radius 3 is 2.80 bits per heavy atom. The zero-order chi connectivity index (χ0) is 14.4. The third kappa shape index (κ3) is 4.55. The van der Waals surface area contributed by atoms with E-state index in [-0.39, 0.29) is 11.8 Å². The Hall–Kier alpha value is -0.960. The minimum absolute atomic E-state index is 0.129. The molecule has 1 aromatic heterocycles. The van der Waals surface area contributed by atoms with Crippen LogP contribution in [0.25, 0.3) is 0 Å². The van der Waals surface area contributed by atoms with Gasteiger partial charge in [-0.3, -0.25) is 4.90 Å². The number of rotatable bonds is 7. The highest BCUT2D eigenvalue weighted by atomic mass is 32.2. The van der Waals surface area contributed by atoms with Gasteiger partial charge in [0.1, 0.15) is 5.82 Å². The van der Waals surface area contributed by atoms with Crippen LogP contribution in [0.4, 0.5) is 0 Å². The van der Waals surface area contributed by atoms with Gasteiger partial charge in [0.2, 0.25) is 10.0 Å². The summed E-state index contributed by atoms with van der Waals surface area (Å²) in [6.07, 6.45) is 4.00. The molecule has 0 bridgehead atoms. The van der Waals surface area contributed by atoms with E-state index in [1.165, 1.54) is 0 Å². The van der Waals surface area contributed by atoms with Crippen LogP contribution in [-0.2, 0) is 10.0 Å². The third-order valence-corrected chi connectivity index (χ3v) is 4.83. The van der Waals surface area contributed by atoms with Gasteiger partial charge < -0.3 is 10.3 Å². The van der Waals surface area contributed by atoms with Crippen LogP contribution < -0.4 is 10.0 Å². The van der Waals surface area contributed by atoms with E-state index in [0.29, 0.717) is 18.8 Å². The summed E-state index contributed by atoms with van der Waals surface area (Å²) >= 11 is 0. The van der Waals surface area contributed by atoms with E-state index in [1.54, 1.807) is 12.4 Å². The first-order valence-corrected chi connectivity index (χ1v) is 8.68. The van der Waals surface area contributed by atoms with Gasteiger partial charge in [0.25, 0.3) is 0 Å². The Bertz CT molecular complexity index is 482. The Labute approximate surface area is 120 Å². The molecule has 0 aliphatic carbocycles. The number of piperazine rings is 1. The number of aromatic nitrogens is 2. The standard InChI is InChI=1S/C12H23N5O2S/c1-2-11(12-14-3-4-15-12)16-20(18,19)10-9-17-7-5-13-6-8-17/h3-4,11,13,16H,2,5-10H2,1H3,(H,14,15). The van der Waals surface area contributed by atoms with Gasteiger partial charge in [0.15, 0.2) is 0 Å². The summed E-state index contributed by atoms with van der Waals surface area (Å²) in [7, 11) is -3.29. The summed E-state index contributed by atoms with van der Waals surface area (Å²) < 4.78 is 27.0. The molecule has 1 atom stereocenters.